The van der Waals surface area contributed by atoms with Gasteiger partial charge in [0.15, 0.2) is 12.1 Å². The zero-order valence-electron chi connectivity index (χ0n) is 15.2. The van der Waals surface area contributed by atoms with Crippen LogP contribution in [0.4, 0.5) is 11.4 Å². The molecule has 2 amide bonds. The summed E-state index contributed by atoms with van der Waals surface area (Å²) in [6.45, 7) is 7.88. The van der Waals surface area contributed by atoms with Gasteiger partial charge in [-0.3, -0.25) is 9.59 Å². The lowest BCUT2D eigenvalue weighted by atomic mass is 10.1. The van der Waals surface area contributed by atoms with E-state index in [0.29, 0.717) is 5.69 Å². The molecular weight excluding hydrogens is 328 g/mol. The molecule has 0 unspecified atom stereocenters. The predicted molar refractivity (Wildman–Crippen MR) is 99.2 cm³/mol. The largest absolute Gasteiger partial charge is 0.271 e. The molecule has 0 aliphatic carbocycles. The minimum Gasteiger partial charge on any atom is -0.271 e. The molecule has 2 aromatic rings. The number of imide groups is 1. The van der Waals surface area contributed by atoms with Crippen molar-refractivity contribution in [3.05, 3.63) is 58.7 Å². The Bertz CT molecular complexity index is 926. The minimum atomic E-state index is -0.788. The normalized spacial score (nSPS) is 21.7. The summed E-state index contributed by atoms with van der Waals surface area (Å²) < 4.78 is 0. The van der Waals surface area contributed by atoms with Crippen LogP contribution in [0.15, 0.2) is 46.7 Å². The lowest BCUT2D eigenvalue weighted by Gasteiger charge is -2.21. The molecule has 1 fully saturated rings. The van der Waals surface area contributed by atoms with E-state index in [1.54, 1.807) is 5.01 Å². The molecule has 0 aromatic heterocycles. The van der Waals surface area contributed by atoms with Crippen molar-refractivity contribution < 1.29 is 9.59 Å². The van der Waals surface area contributed by atoms with Gasteiger partial charge in [0.25, 0.3) is 11.8 Å². The Morgan fingerprint density at radius 2 is 1.23 bits per heavy atom. The molecule has 2 aromatic carbocycles. The van der Waals surface area contributed by atoms with Crippen molar-refractivity contribution in [1.82, 2.24) is 0 Å². The van der Waals surface area contributed by atoms with Crippen LogP contribution in [-0.2, 0) is 9.59 Å². The van der Waals surface area contributed by atoms with Gasteiger partial charge in [-0.25, -0.2) is 9.91 Å². The maximum absolute atomic E-state index is 13.1. The summed E-state index contributed by atoms with van der Waals surface area (Å²) in [5.74, 6) is -0.602. The second-order valence-corrected chi connectivity index (χ2v) is 7.14. The molecule has 0 saturated carbocycles. The van der Waals surface area contributed by atoms with Crippen molar-refractivity contribution >= 4 is 23.2 Å². The molecule has 0 N–H and O–H groups in total. The molecule has 4 rings (SSSR count). The number of hydrogen-bond acceptors (Lipinski definition) is 5. The quantitative estimate of drug-likeness (QED) is 0.781. The molecule has 6 heteroatoms. The van der Waals surface area contributed by atoms with Crippen LogP contribution in [0.1, 0.15) is 22.3 Å². The molecule has 0 spiro atoms. The van der Waals surface area contributed by atoms with Gasteiger partial charge >= 0.3 is 0 Å². The fourth-order valence-corrected chi connectivity index (χ4v) is 3.79. The Hall–Kier alpha value is -3.02. The molecule has 0 bridgehead atoms. The number of benzene rings is 2. The van der Waals surface area contributed by atoms with Crippen LogP contribution < -0.4 is 9.91 Å². The van der Waals surface area contributed by atoms with E-state index in [2.05, 4.69) is 16.4 Å². The van der Waals surface area contributed by atoms with Gasteiger partial charge in [0, 0.05) is 0 Å². The van der Waals surface area contributed by atoms with Crippen molar-refractivity contribution in [2.45, 2.75) is 39.8 Å². The summed E-state index contributed by atoms with van der Waals surface area (Å²) in [6.07, 6.45) is 0. The van der Waals surface area contributed by atoms with E-state index in [-0.39, 0.29) is 11.8 Å². The highest BCUT2D eigenvalue weighted by molar-refractivity contribution is 6.26. The minimum absolute atomic E-state index is 0.283. The summed E-state index contributed by atoms with van der Waals surface area (Å²) in [5.41, 5.74) is 5.53. The first-order chi connectivity index (χ1) is 12.3. The van der Waals surface area contributed by atoms with Crippen LogP contribution >= 0.6 is 0 Å². The highest BCUT2D eigenvalue weighted by Gasteiger charge is 2.55. The number of nitrogens with zero attached hydrogens (tertiary/aromatic N) is 4. The number of aryl methyl sites for hydroxylation is 4. The average Bonchev–Trinajstić information content (AvgIpc) is 3.06. The third kappa shape index (κ3) is 2.49. The Balaban J connectivity index is 1.74. The van der Waals surface area contributed by atoms with Gasteiger partial charge < -0.3 is 0 Å². The molecule has 1 saturated heterocycles. The number of hydrogen-bond donors (Lipinski definition) is 0. The smallest absolute Gasteiger partial charge is 0.263 e. The Morgan fingerprint density at radius 3 is 1.77 bits per heavy atom. The van der Waals surface area contributed by atoms with E-state index in [4.69, 9.17) is 0 Å². The maximum Gasteiger partial charge on any atom is 0.263 e. The van der Waals surface area contributed by atoms with Crippen molar-refractivity contribution in [2.75, 3.05) is 9.91 Å². The van der Waals surface area contributed by atoms with E-state index >= 15 is 0 Å². The number of fused-ring (bicyclic) bond motifs is 1. The highest BCUT2D eigenvalue weighted by Crippen LogP contribution is 2.36. The SMILES string of the molecule is Cc1cc(C)cc(N2C(=O)[C@H]3N=NN(c4cc(C)cc(C)c4)[C@@H]3C2=O)c1. The van der Waals surface area contributed by atoms with Crippen molar-refractivity contribution in [3.63, 3.8) is 0 Å². The van der Waals surface area contributed by atoms with Gasteiger partial charge in [-0.1, -0.05) is 17.4 Å². The predicted octanol–water partition coefficient (Wildman–Crippen LogP) is 3.42. The highest BCUT2D eigenvalue weighted by atomic mass is 16.2. The monoisotopic (exact) mass is 348 g/mol. The summed E-state index contributed by atoms with van der Waals surface area (Å²) in [5, 5.41) is 9.81. The average molecular weight is 348 g/mol. The molecular formula is C20H20N4O2. The molecule has 26 heavy (non-hydrogen) atoms. The second-order valence-electron chi connectivity index (χ2n) is 7.14. The van der Waals surface area contributed by atoms with Gasteiger partial charge in [0.1, 0.15) is 0 Å². The van der Waals surface area contributed by atoms with Gasteiger partial charge in [-0.2, -0.15) is 5.11 Å². The Morgan fingerprint density at radius 1 is 0.731 bits per heavy atom. The topological polar surface area (TPSA) is 65.3 Å². The first-order valence-corrected chi connectivity index (χ1v) is 8.59. The van der Waals surface area contributed by atoms with E-state index in [1.165, 1.54) is 4.90 Å². The molecule has 0 radical (unpaired) electrons. The van der Waals surface area contributed by atoms with Gasteiger partial charge in [0.2, 0.25) is 0 Å². The maximum atomic E-state index is 13.1. The zero-order valence-corrected chi connectivity index (χ0v) is 15.2. The Labute approximate surface area is 152 Å². The molecule has 6 nitrogen and oxygen atoms in total. The molecule has 132 valence electrons. The number of carbonyl (C=O) groups is 2. The van der Waals surface area contributed by atoms with Crippen LogP contribution in [0.25, 0.3) is 0 Å². The van der Waals surface area contributed by atoms with Crippen molar-refractivity contribution in [3.8, 4) is 0 Å². The van der Waals surface area contributed by atoms with Crippen molar-refractivity contribution in [2.24, 2.45) is 10.3 Å². The van der Waals surface area contributed by atoms with E-state index in [1.807, 2.05) is 58.0 Å². The zero-order chi connectivity index (χ0) is 18.6. The number of carbonyl (C=O) groups excluding carboxylic acids is 2. The van der Waals surface area contributed by atoms with Crippen LogP contribution in [0.5, 0.6) is 0 Å². The lowest BCUT2D eigenvalue weighted by molar-refractivity contribution is -0.121. The fourth-order valence-electron chi connectivity index (χ4n) is 3.79. The molecule has 2 atom stereocenters. The first kappa shape index (κ1) is 16.4. The lowest BCUT2D eigenvalue weighted by Crippen LogP contribution is -2.40. The van der Waals surface area contributed by atoms with E-state index < -0.39 is 12.1 Å². The second kappa shape index (κ2) is 5.76. The number of anilines is 2. The summed E-state index contributed by atoms with van der Waals surface area (Å²) >= 11 is 0. The molecule has 2 aliphatic rings. The molecule has 2 aliphatic heterocycles. The standard InChI is InChI=1S/C20H20N4O2/c1-11-5-12(2)8-15(7-11)23-19(25)17-18(20(23)26)24(22-21-17)16-9-13(3)6-14(4)10-16/h5-10,17-18H,1-4H3/t17-,18-/m0/s1. The van der Waals surface area contributed by atoms with Crippen LogP contribution in [-0.4, -0.2) is 23.9 Å². The van der Waals surface area contributed by atoms with Gasteiger partial charge in [0.05, 0.1) is 11.4 Å². The number of rotatable bonds is 2. The summed E-state index contributed by atoms with van der Waals surface area (Å²) in [6, 6.07) is 10.2. The number of amides is 2. The van der Waals surface area contributed by atoms with Crippen LogP contribution in [0, 0.1) is 27.7 Å². The fraction of sp³-hybridized carbons (Fsp3) is 0.300. The molecule has 2 heterocycles. The van der Waals surface area contributed by atoms with E-state index in [9.17, 15) is 9.59 Å². The van der Waals surface area contributed by atoms with Crippen LogP contribution in [0.2, 0.25) is 0 Å². The van der Waals surface area contributed by atoms with Gasteiger partial charge in [-0.15, -0.1) is 0 Å². The Kier molecular flexibility index (Phi) is 3.64. The first-order valence-electron chi connectivity index (χ1n) is 8.59. The summed E-state index contributed by atoms with van der Waals surface area (Å²) in [4.78, 5) is 27.2. The van der Waals surface area contributed by atoms with Crippen molar-refractivity contribution in [1.29, 1.82) is 0 Å². The van der Waals surface area contributed by atoms with Crippen LogP contribution in [0.3, 0.4) is 0 Å². The third-order valence-electron chi connectivity index (χ3n) is 4.72. The van der Waals surface area contributed by atoms with E-state index in [0.717, 1.165) is 27.9 Å². The third-order valence-corrected chi connectivity index (χ3v) is 4.72. The van der Waals surface area contributed by atoms with Gasteiger partial charge in [-0.05, 0) is 74.2 Å². The summed E-state index contributed by atoms with van der Waals surface area (Å²) in [7, 11) is 0.